The van der Waals surface area contributed by atoms with Gasteiger partial charge in [0.2, 0.25) is 0 Å². The van der Waals surface area contributed by atoms with Gasteiger partial charge in [0.25, 0.3) is 11.8 Å². The number of hydrogen-bond acceptors (Lipinski definition) is 3. The third-order valence-corrected chi connectivity index (χ3v) is 5.74. The zero-order valence-electron chi connectivity index (χ0n) is 17.1. The number of anilines is 2. The summed E-state index contributed by atoms with van der Waals surface area (Å²) in [5, 5.41) is 0. The van der Waals surface area contributed by atoms with Crippen molar-refractivity contribution < 1.29 is 9.59 Å². The lowest BCUT2D eigenvalue weighted by Gasteiger charge is -2.22. The second-order valence-corrected chi connectivity index (χ2v) is 7.91. The summed E-state index contributed by atoms with van der Waals surface area (Å²) in [6.07, 6.45) is 0.854. The van der Waals surface area contributed by atoms with Crippen molar-refractivity contribution >= 4 is 28.8 Å². The molecule has 0 aliphatic carbocycles. The standard InChI is InChI=1S/C26H22N2O2/c1-17-14-18(2)16-21(15-17)28-25(29)23(20-9-4-3-5-10-20)24(26(28)30)27-13-12-19-8-6-7-11-22(19)27/h3-11,14-16H,12-13H2,1-2H3. The molecule has 0 bridgehead atoms. The summed E-state index contributed by atoms with van der Waals surface area (Å²) in [6, 6.07) is 23.4. The van der Waals surface area contributed by atoms with Gasteiger partial charge in [0.05, 0.1) is 11.3 Å². The lowest BCUT2D eigenvalue weighted by molar-refractivity contribution is -0.120. The van der Waals surface area contributed by atoms with E-state index >= 15 is 0 Å². The minimum Gasteiger partial charge on any atom is -0.336 e. The Labute approximate surface area is 176 Å². The summed E-state index contributed by atoms with van der Waals surface area (Å²) >= 11 is 0. The van der Waals surface area contributed by atoms with Crippen molar-refractivity contribution in [1.29, 1.82) is 0 Å². The summed E-state index contributed by atoms with van der Waals surface area (Å²) in [6.45, 7) is 4.64. The van der Waals surface area contributed by atoms with Crippen LogP contribution in [0.15, 0.2) is 78.5 Å². The molecule has 0 saturated carbocycles. The van der Waals surface area contributed by atoms with Gasteiger partial charge in [0, 0.05) is 12.2 Å². The second kappa shape index (κ2) is 6.99. The minimum absolute atomic E-state index is 0.263. The number of fused-ring (bicyclic) bond motifs is 1. The molecule has 0 spiro atoms. The fourth-order valence-electron chi connectivity index (χ4n) is 4.52. The zero-order valence-corrected chi connectivity index (χ0v) is 17.1. The Hall–Kier alpha value is -3.66. The minimum atomic E-state index is -0.268. The molecule has 0 fully saturated rings. The highest BCUT2D eigenvalue weighted by Gasteiger charge is 2.44. The first-order chi connectivity index (χ1) is 14.5. The molecule has 3 aromatic carbocycles. The number of amides is 2. The number of aryl methyl sites for hydroxylation is 2. The van der Waals surface area contributed by atoms with E-state index in [0.717, 1.165) is 28.8 Å². The van der Waals surface area contributed by atoms with Crippen molar-refractivity contribution in [2.45, 2.75) is 20.3 Å². The third kappa shape index (κ3) is 2.84. The van der Waals surface area contributed by atoms with E-state index in [4.69, 9.17) is 0 Å². The molecular weight excluding hydrogens is 372 g/mol. The van der Waals surface area contributed by atoms with Gasteiger partial charge in [0.1, 0.15) is 5.70 Å². The lowest BCUT2D eigenvalue weighted by Crippen LogP contribution is -2.35. The predicted octanol–water partition coefficient (Wildman–Crippen LogP) is 4.65. The van der Waals surface area contributed by atoms with Crippen LogP contribution in [0, 0.1) is 13.8 Å². The van der Waals surface area contributed by atoms with Gasteiger partial charge in [-0.25, -0.2) is 4.90 Å². The number of nitrogens with zero attached hydrogens (tertiary/aromatic N) is 2. The van der Waals surface area contributed by atoms with E-state index in [1.165, 1.54) is 10.5 Å². The monoisotopic (exact) mass is 394 g/mol. The van der Waals surface area contributed by atoms with Crippen molar-refractivity contribution in [2.75, 3.05) is 16.3 Å². The summed E-state index contributed by atoms with van der Waals surface area (Å²) < 4.78 is 0. The fraction of sp³-hybridized carbons (Fsp3) is 0.154. The molecule has 0 radical (unpaired) electrons. The highest BCUT2D eigenvalue weighted by molar-refractivity contribution is 6.46. The third-order valence-electron chi connectivity index (χ3n) is 5.74. The predicted molar refractivity (Wildman–Crippen MR) is 119 cm³/mol. The van der Waals surface area contributed by atoms with Crippen LogP contribution in [0.25, 0.3) is 5.57 Å². The Bertz CT molecular complexity index is 1190. The normalized spacial score (nSPS) is 15.9. The van der Waals surface area contributed by atoms with Crippen LogP contribution < -0.4 is 9.80 Å². The number of hydrogen-bond donors (Lipinski definition) is 0. The number of carbonyl (C=O) groups excluding carboxylic acids is 2. The Balaban J connectivity index is 1.69. The Kier molecular flexibility index (Phi) is 4.28. The Morgan fingerprint density at radius 1 is 0.767 bits per heavy atom. The van der Waals surface area contributed by atoms with Crippen LogP contribution in [0.5, 0.6) is 0 Å². The summed E-state index contributed by atoms with van der Waals surface area (Å²) in [4.78, 5) is 30.7. The smallest absolute Gasteiger partial charge is 0.282 e. The van der Waals surface area contributed by atoms with E-state index in [0.29, 0.717) is 23.5 Å². The second-order valence-electron chi connectivity index (χ2n) is 7.91. The van der Waals surface area contributed by atoms with Crippen LogP contribution in [-0.4, -0.2) is 18.4 Å². The molecule has 0 unspecified atom stereocenters. The number of imide groups is 1. The van der Waals surface area contributed by atoms with E-state index in [2.05, 4.69) is 6.07 Å². The van der Waals surface area contributed by atoms with Crippen LogP contribution in [0.2, 0.25) is 0 Å². The Morgan fingerprint density at radius 3 is 2.17 bits per heavy atom. The summed E-state index contributed by atoms with van der Waals surface area (Å²) in [5.74, 6) is -0.531. The Morgan fingerprint density at radius 2 is 1.43 bits per heavy atom. The maximum atomic E-state index is 13.7. The summed E-state index contributed by atoms with van der Waals surface area (Å²) in [7, 11) is 0. The molecule has 4 nitrogen and oxygen atoms in total. The lowest BCUT2D eigenvalue weighted by atomic mass is 10.0. The number of rotatable bonds is 3. The maximum Gasteiger partial charge on any atom is 0.282 e. The average molecular weight is 394 g/mol. The van der Waals surface area contributed by atoms with E-state index < -0.39 is 0 Å². The van der Waals surface area contributed by atoms with Crippen molar-refractivity contribution in [2.24, 2.45) is 0 Å². The SMILES string of the molecule is Cc1cc(C)cc(N2C(=O)C(c3ccccc3)=C(N3CCc4ccccc43)C2=O)c1. The van der Waals surface area contributed by atoms with Crippen LogP contribution in [0.4, 0.5) is 11.4 Å². The fourth-order valence-corrected chi connectivity index (χ4v) is 4.52. The van der Waals surface area contributed by atoms with Crippen LogP contribution >= 0.6 is 0 Å². The molecule has 0 N–H and O–H groups in total. The van der Waals surface area contributed by atoms with Gasteiger partial charge in [-0.15, -0.1) is 0 Å². The van der Waals surface area contributed by atoms with Crippen molar-refractivity contribution in [3.8, 4) is 0 Å². The van der Waals surface area contributed by atoms with Gasteiger partial charge in [-0.05, 0) is 60.7 Å². The van der Waals surface area contributed by atoms with Crippen molar-refractivity contribution in [3.05, 3.63) is 101 Å². The highest BCUT2D eigenvalue weighted by Crippen LogP contribution is 2.40. The van der Waals surface area contributed by atoms with E-state index in [9.17, 15) is 9.59 Å². The highest BCUT2D eigenvalue weighted by atomic mass is 16.2. The van der Waals surface area contributed by atoms with Gasteiger partial charge in [-0.3, -0.25) is 9.59 Å². The van der Waals surface area contributed by atoms with E-state index in [1.807, 2.05) is 85.5 Å². The molecule has 5 rings (SSSR count). The van der Waals surface area contributed by atoms with E-state index in [-0.39, 0.29) is 11.8 Å². The molecule has 2 aliphatic heterocycles. The first-order valence-corrected chi connectivity index (χ1v) is 10.2. The van der Waals surface area contributed by atoms with Gasteiger partial charge in [-0.1, -0.05) is 54.6 Å². The van der Waals surface area contributed by atoms with Crippen molar-refractivity contribution in [1.82, 2.24) is 0 Å². The summed E-state index contributed by atoms with van der Waals surface area (Å²) in [5.41, 5.74) is 6.57. The zero-order chi connectivity index (χ0) is 20.8. The quantitative estimate of drug-likeness (QED) is 0.607. The van der Waals surface area contributed by atoms with Gasteiger partial charge in [0.15, 0.2) is 0 Å². The molecule has 2 aliphatic rings. The molecule has 0 aromatic heterocycles. The van der Waals surface area contributed by atoms with Crippen LogP contribution in [-0.2, 0) is 16.0 Å². The van der Waals surface area contributed by atoms with Gasteiger partial charge in [-0.2, -0.15) is 0 Å². The molecule has 2 heterocycles. The van der Waals surface area contributed by atoms with Crippen LogP contribution in [0.1, 0.15) is 22.3 Å². The average Bonchev–Trinajstić information content (AvgIpc) is 3.26. The molecule has 30 heavy (non-hydrogen) atoms. The van der Waals surface area contributed by atoms with Gasteiger partial charge >= 0.3 is 0 Å². The van der Waals surface area contributed by atoms with Crippen molar-refractivity contribution in [3.63, 3.8) is 0 Å². The number of carbonyl (C=O) groups is 2. The maximum absolute atomic E-state index is 13.7. The first-order valence-electron chi connectivity index (χ1n) is 10.2. The molecule has 3 aromatic rings. The van der Waals surface area contributed by atoms with Gasteiger partial charge < -0.3 is 4.90 Å². The topological polar surface area (TPSA) is 40.6 Å². The first kappa shape index (κ1) is 18.4. The van der Waals surface area contributed by atoms with Crippen LogP contribution in [0.3, 0.4) is 0 Å². The largest absolute Gasteiger partial charge is 0.336 e. The molecule has 0 saturated heterocycles. The number of para-hydroxylation sites is 1. The molecule has 0 atom stereocenters. The molecule has 4 heteroatoms. The molecule has 2 amide bonds. The molecule has 148 valence electrons. The molecular formula is C26H22N2O2. The van der Waals surface area contributed by atoms with E-state index in [1.54, 1.807) is 0 Å². The number of benzene rings is 3.